The molecule has 0 heterocycles. The summed E-state index contributed by atoms with van der Waals surface area (Å²) in [5.41, 5.74) is 15.0. The minimum absolute atomic E-state index is 0.269. The van der Waals surface area contributed by atoms with E-state index in [9.17, 15) is 0 Å². The molecule has 2 fully saturated rings. The number of nitrogens with one attached hydrogen (secondary N) is 2. The molecule has 0 atom stereocenters. The van der Waals surface area contributed by atoms with Crippen molar-refractivity contribution >= 4 is 18.8 Å². The molecule has 2 saturated carbocycles. The van der Waals surface area contributed by atoms with Crippen molar-refractivity contribution in [2.24, 2.45) is 0 Å². The van der Waals surface area contributed by atoms with E-state index in [-0.39, 0.29) is 12.1 Å². The predicted octanol–water partition coefficient (Wildman–Crippen LogP) is 7.68. The van der Waals surface area contributed by atoms with Crippen molar-refractivity contribution in [3.63, 3.8) is 0 Å². The summed E-state index contributed by atoms with van der Waals surface area (Å²) in [5.74, 6) is 0. The zero-order valence-electron chi connectivity index (χ0n) is 13.1. The first-order valence-corrected chi connectivity index (χ1v) is 14.1. The molecule has 0 radical (unpaired) electrons. The van der Waals surface area contributed by atoms with Gasteiger partial charge < -0.3 is 11.5 Å². The zero-order valence-corrected chi connectivity index (χ0v) is 16.9. The summed E-state index contributed by atoms with van der Waals surface area (Å²) in [4.78, 5) is 0. The Morgan fingerprint density at radius 3 is 0.952 bits per heavy atom. The van der Waals surface area contributed by atoms with Gasteiger partial charge in [-0.25, -0.2) is 0 Å². The molecule has 0 unspecified atom stereocenters. The zero-order chi connectivity index (χ0) is 15.8. The molecule has 0 bridgehead atoms. The molecule has 0 aromatic carbocycles. The fourth-order valence-corrected chi connectivity index (χ4v) is 2.91. The number of hydrogen-bond acceptors (Lipinski definition) is 0. The van der Waals surface area contributed by atoms with Gasteiger partial charge in [-0.2, -0.15) is 0 Å². The Kier molecular flexibility index (Phi) is 18.5. The Labute approximate surface area is 148 Å². The van der Waals surface area contributed by atoms with Crippen LogP contribution in [0.1, 0.15) is 89.9 Å². The molecule has 2 aliphatic rings. The molecule has 2 nitrogen and oxygen atoms in total. The van der Waals surface area contributed by atoms with E-state index >= 15 is 0 Å². The normalized spacial score (nSPS) is 22.5. The first-order valence-electron chi connectivity index (χ1n) is 8.45. The Morgan fingerprint density at radius 2 is 0.714 bits per heavy atom. The van der Waals surface area contributed by atoms with Crippen molar-refractivity contribution in [1.29, 1.82) is 0 Å². The standard InChI is InChI=1S/2C8H16N.2ClH.Pt/c2*9-8-6-4-2-1-3-5-7-8;;;/h2*8-9H,1-7H2;2*1H;/q2*-1;;;+4/p-2. The smallest absolute Gasteiger partial charge is 0.0533 e. The van der Waals surface area contributed by atoms with Crippen LogP contribution in [0, 0.1) is 0 Å². The van der Waals surface area contributed by atoms with E-state index in [2.05, 4.69) is 0 Å². The second-order valence-electron chi connectivity index (χ2n) is 6.13. The molecule has 0 aliphatic heterocycles. The third-order valence-electron chi connectivity index (χ3n) is 4.21. The quantitative estimate of drug-likeness (QED) is 0.316. The van der Waals surface area contributed by atoms with E-state index in [1.807, 2.05) is 0 Å². The summed E-state index contributed by atoms with van der Waals surface area (Å²) >= 11 is -0.472. The molecular formula is C16H32Cl2N2Pt. The monoisotopic (exact) mass is 517 g/mol. The molecule has 0 saturated heterocycles. The van der Waals surface area contributed by atoms with Crippen molar-refractivity contribution in [1.82, 2.24) is 0 Å². The van der Waals surface area contributed by atoms with Gasteiger partial charge in [-0.15, -0.1) is 12.1 Å². The average Bonchev–Trinajstić information content (AvgIpc) is 2.40. The van der Waals surface area contributed by atoms with Gasteiger partial charge in [0.05, 0.1) is 0 Å². The summed E-state index contributed by atoms with van der Waals surface area (Å²) < 4.78 is 0. The molecule has 0 spiro atoms. The maximum absolute atomic E-state index is 7.51. The van der Waals surface area contributed by atoms with Crippen LogP contribution in [0.2, 0.25) is 0 Å². The first kappa shape index (κ1) is 22.2. The molecule has 0 aromatic heterocycles. The third-order valence-corrected chi connectivity index (χ3v) is 4.21. The Morgan fingerprint density at radius 1 is 0.524 bits per heavy atom. The summed E-state index contributed by atoms with van der Waals surface area (Å²) in [7, 11) is 9.75. The van der Waals surface area contributed by atoms with Crippen LogP contribution in [0.3, 0.4) is 0 Å². The molecule has 2 rings (SSSR count). The second-order valence-corrected chi connectivity index (χ2v) is 9.41. The molecule has 21 heavy (non-hydrogen) atoms. The Bertz CT molecular complexity index is 173. The fraction of sp³-hybridized carbons (Fsp3) is 1.00. The van der Waals surface area contributed by atoms with Crippen LogP contribution in [0.25, 0.3) is 11.5 Å². The molecule has 0 amide bonds. The molecule has 2 N–H and O–H groups in total. The van der Waals surface area contributed by atoms with Gasteiger partial charge in [0.2, 0.25) is 0 Å². The van der Waals surface area contributed by atoms with Gasteiger partial charge in [0.1, 0.15) is 0 Å². The fourth-order valence-electron chi connectivity index (χ4n) is 2.91. The summed E-state index contributed by atoms with van der Waals surface area (Å²) in [6, 6.07) is 0.538. The molecule has 130 valence electrons. The van der Waals surface area contributed by atoms with Gasteiger partial charge in [-0.1, -0.05) is 89.9 Å². The van der Waals surface area contributed by atoms with E-state index in [0.29, 0.717) is 0 Å². The minimum Gasteiger partial charge on any atom is -0.675 e. The van der Waals surface area contributed by atoms with Crippen LogP contribution in [0.4, 0.5) is 0 Å². The largest absolute Gasteiger partial charge is 0.675 e. The van der Waals surface area contributed by atoms with Crippen LogP contribution < -0.4 is 0 Å². The summed E-state index contributed by atoms with van der Waals surface area (Å²) in [6.07, 6.45) is 18.1. The van der Waals surface area contributed by atoms with Gasteiger partial charge >= 0.3 is 35.3 Å². The maximum Gasteiger partial charge on any atom is -0.0533 e. The van der Waals surface area contributed by atoms with Crippen molar-refractivity contribution in [2.45, 2.75) is 102 Å². The Hall–Kier alpha value is 1.19. The van der Waals surface area contributed by atoms with E-state index in [0.717, 1.165) is 25.7 Å². The van der Waals surface area contributed by atoms with Crippen LogP contribution in [-0.4, -0.2) is 12.1 Å². The van der Waals surface area contributed by atoms with Gasteiger partial charge in [-0.3, -0.25) is 0 Å². The SMILES string of the molecule is [Cl][Pt+2][Cl].[NH-]C1CCCCCCC1.[NH-]C1CCCCCCC1. The molecule has 0 aromatic rings. The molecule has 2 aliphatic carbocycles. The average molecular weight is 518 g/mol. The van der Waals surface area contributed by atoms with E-state index < -0.39 is 16.5 Å². The van der Waals surface area contributed by atoms with Crippen LogP contribution in [-0.2, 0) is 16.5 Å². The van der Waals surface area contributed by atoms with Gasteiger partial charge in [0.25, 0.3) is 0 Å². The van der Waals surface area contributed by atoms with Gasteiger partial charge in [0, 0.05) is 0 Å². The second kappa shape index (κ2) is 17.5. The van der Waals surface area contributed by atoms with E-state index in [1.165, 1.54) is 64.2 Å². The van der Waals surface area contributed by atoms with Crippen molar-refractivity contribution in [3.8, 4) is 0 Å². The maximum atomic E-state index is 7.51. The molecule has 5 heteroatoms. The van der Waals surface area contributed by atoms with Crippen molar-refractivity contribution in [2.75, 3.05) is 0 Å². The van der Waals surface area contributed by atoms with Gasteiger partial charge in [-0.05, 0) is 0 Å². The summed E-state index contributed by atoms with van der Waals surface area (Å²) in [5, 5.41) is 0. The van der Waals surface area contributed by atoms with Gasteiger partial charge in [0.15, 0.2) is 0 Å². The predicted molar refractivity (Wildman–Crippen MR) is 92.6 cm³/mol. The number of hydrogen-bond donors (Lipinski definition) is 0. The number of halogens is 2. The minimum atomic E-state index is -0.472. The van der Waals surface area contributed by atoms with Crippen molar-refractivity contribution in [3.05, 3.63) is 11.5 Å². The topological polar surface area (TPSA) is 47.6 Å². The van der Waals surface area contributed by atoms with Crippen LogP contribution in [0.15, 0.2) is 0 Å². The first-order chi connectivity index (χ1) is 10.2. The third kappa shape index (κ3) is 17.4. The van der Waals surface area contributed by atoms with Crippen LogP contribution >= 0.6 is 18.8 Å². The van der Waals surface area contributed by atoms with Crippen LogP contribution in [0.5, 0.6) is 0 Å². The van der Waals surface area contributed by atoms with E-state index in [4.69, 9.17) is 30.3 Å². The summed E-state index contributed by atoms with van der Waals surface area (Å²) in [6.45, 7) is 0. The number of rotatable bonds is 0. The van der Waals surface area contributed by atoms with E-state index in [1.54, 1.807) is 0 Å². The Balaban J connectivity index is 0.000000322. The van der Waals surface area contributed by atoms with Crippen molar-refractivity contribution < 1.29 is 16.5 Å². The molecular weight excluding hydrogens is 486 g/mol.